The van der Waals surface area contributed by atoms with Crippen LogP contribution in [0.1, 0.15) is 33.6 Å². The fraction of sp³-hybridized carbons (Fsp3) is 0.933. The van der Waals surface area contributed by atoms with Gasteiger partial charge in [-0.1, -0.05) is 13.8 Å². The molecular weight excluding hydrogens is 274 g/mol. The summed E-state index contributed by atoms with van der Waals surface area (Å²) in [7, 11) is 1.67. The first-order valence-electron chi connectivity index (χ1n) is 7.68. The van der Waals surface area contributed by atoms with Crippen LogP contribution in [-0.4, -0.2) is 64.8 Å². The summed E-state index contributed by atoms with van der Waals surface area (Å²) in [6.07, 6.45) is 1.49. The minimum Gasteiger partial charge on any atom is -0.465 e. The first kappa shape index (κ1) is 20.3. The third-order valence-corrected chi connectivity index (χ3v) is 2.67. The number of esters is 1. The third-order valence-electron chi connectivity index (χ3n) is 2.67. The van der Waals surface area contributed by atoms with E-state index in [1.165, 1.54) is 0 Å². The molecule has 6 heteroatoms. The zero-order chi connectivity index (χ0) is 15.9. The van der Waals surface area contributed by atoms with Gasteiger partial charge in [-0.15, -0.1) is 0 Å². The van der Waals surface area contributed by atoms with E-state index in [0.717, 1.165) is 6.42 Å². The second kappa shape index (κ2) is 14.3. The lowest BCUT2D eigenvalue weighted by Gasteiger charge is -2.19. The predicted octanol–water partition coefficient (Wildman–Crippen LogP) is 1.38. The van der Waals surface area contributed by atoms with Gasteiger partial charge in [0.2, 0.25) is 0 Å². The van der Waals surface area contributed by atoms with Gasteiger partial charge in [0.1, 0.15) is 6.04 Å². The number of carbonyl (C=O) groups excluding carboxylic acids is 1. The van der Waals surface area contributed by atoms with Crippen molar-refractivity contribution in [3.8, 4) is 0 Å². The number of hydrogen-bond acceptors (Lipinski definition) is 6. The Kier molecular flexibility index (Phi) is 13.8. The number of rotatable bonds is 14. The number of nitrogens with one attached hydrogen (secondary N) is 1. The van der Waals surface area contributed by atoms with Crippen LogP contribution in [0.4, 0.5) is 0 Å². The van der Waals surface area contributed by atoms with E-state index in [-0.39, 0.29) is 18.1 Å². The van der Waals surface area contributed by atoms with Crippen molar-refractivity contribution in [1.29, 1.82) is 0 Å². The highest BCUT2D eigenvalue weighted by atomic mass is 16.5. The average molecular weight is 305 g/mol. The van der Waals surface area contributed by atoms with Crippen LogP contribution in [0.3, 0.4) is 0 Å². The fourth-order valence-electron chi connectivity index (χ4n) is 1.74. The van der Waals surface area contributed by atoms with Crippen LogP contribution in [0.25, 0.3) is 0 Å². The fourth-order valence-corrected chi connectivity index (χ4v) is 1.74. The molecule has 1 N–H and O–H groups in total. The van der Waals surface area contributed by atoms with Crippen molar-refractivity contribution in [3.63, 3.8) is 0 Å². The highest BCUT2D eigenvalue weighted by Crippen LogP contribution is 1.99. The van der Waals surface area contributed by atoms with E-state index < -0.39 is 0 Å². The van der Waals surface area contributed by atoms with E-state index in [1.54, 1.807) is 7.11 Å². The molecule has 0 bridgehead atoms. The molecule has 0 spiro atoms. The molecule has 126 valence electrons. The Hall–Kier alpha value is -0.690. The maximum atomic E-state index is 11.8. The van der Waals surface area contributed by atoms with Crippen LogP contribution in [0.15, 0.2) is 0 Å². The molecule has 6 nitrogen and oxygen atoms in total. The minimum absolute atomic E-state index is 0.217. The molecule has 0 aliphatic rings. The molecule has 0 aliphatic carbocycles. The Bertz CT molecular complexity index is 248. The monoisotopic (exact) mass is 305 g/mol. The van der Waals surface area contributed by atoms with Crippen LogP contribution in [0.5, 0.6) is 0 Å². The Labute approximate surface area is 128 Å². The van der Waals surface area contributed by atoms with E-state index in [4.69, 9.17) is 18.9 Å². The quantitative estimate of drug-likeness (QED) is 0.386. The zero-order valence-electron chi connectivity index (χ0n) is 13.9. The number of methoxy groups -OCH3 is 1. The molecule has 1 unspecified atom stereocenters. The predicted molar refractivity (Wildman–Crippen MR) is 81.4 cm³/mol. The summed E-state index contributed by atoms with van der Waals surface area (Å²) < 4.78 is 20.8. The van der Waals surface area contributed by atoms with Gasteiger partial charge >= 0.3 is 5.97 Å². The summed E-state index contributed by atoms with van der Waals surface area (Å²) in [5, 5.41) is 3.19. The largest absolute Gasteiger partial charge is 0.465 e. The maximum absolute atomic E-state index is 11.8. The van der Waals surface area contributed by atoms with Crippen molar-refractivity contribution >= 4 is 5.97 Å². The standard InChI is InChI=1S/C15H31NO5/c1-5-21-15(17)14(16-13(2)3)7-10-20-12-11-19-9-6-8-18-4/h13-14,16H,5-12H2,1-4H3. The topological polar surface area (TPSA) is 66.0 Å². The van der Waals surface area contributed by atoms with E-state index >= 15 is 0 Å². The summed E-state index contributed by atoms with van der Waals surface area (Å²) in [6.45, 7) is 9.19. The minimum atomic E-state index is -0.312. The molecular formula is C15H31NO5. The molecule has 0 saturated heterocycles. The molecule has 0 radical (unpaired) electrons. The van der Waals surface area contributed by atoms with Gasteiger partial charge in [-0.3, -0.25) is 4.79 Å². The number of ether oxygens (including phenoxy) is 4. The first-order valence-corrected chi connectivity index (χ1v) is 7.68. The summed E-state index contributed by atoms with van der Waals surface area (Å²) in [5.41, 5.74) is 0. The van der Waals surface area contributed by atoms with Crippen molar-refractivity contribution < 1.29 is 23.7 Å². The van der Waals surface area contributed by atoms with Crippen LogP contribution in [-0.2, 0) is 23.7 Å². The zero-order valence-corrected chi connectivity index (χ0v) is 13.9. The van der Waals surface area contributed by atoms with Gasteiger partial charge in [-0.2, -0.15) is 0 Å². The second-order valence-corrected chi connectivity index (χ2v) is 4.99. The van der Waals surface area contributed by atoms with Crippen molar-refractivity contribution in [1.82, 2.24) is 5.32 Å². The van der Waals surface area contributed by atoms with Gasteiger partial charge in [0, 0.05) is 33.0 Å². The SMILES string of the molecule is CCOC(=O)C(CCOCCOCCCOC)NC(C)C. The van der Waals surface area contributed by atoms with Crippen molar-refractivity contribution in [2.75, 3.05) is 46.8 Å². The van der Waals surface area contributed by atoms with Gasteiger partial charge in [-0.25, -0.2) is 0 Å². The molecule has 0 aromatic heterocycles. The molecule has 0 heterocycles. The Morgan fingerprint density at radius 2 is 1.71 bits per heavy atom. The first-order chi connectivity index (χ1) is 10.1. The van der Waals surface area contributed by atoms with E-state index in [9.17, 15) is 4.79 Å². The smallest absolute Gasteiger partial charge is 0.323 e. The van der Waals surface area contributed by atoms with Crippen molar-refractivity contribution in [2.45, 2.75) is 45.7 Å². The Morgan fingerprint density at radius 1 is 1.05 bits per heavy atom. The molecule has 21 heavy (non-hydrogen) atoms. The highest BCUT2D eigenvalue weighted by molar-refractivity contribution is 5.75. The lowest BCUT2D eigenvalue weighted by Crippen LogP contribution is -2.42. The van der Waals surface area contributed by atoms with Gasteiger partial charge < -0.3 is 24.3 Å². The van der Waals surface area contributed by atoms with E-state index in [0.29, 0.717) is 46.1 Å². The van der Waals surface area contributed by atoms with E-state index in [2.05, 4.69) is 5.32 Å². The molecule has 0 amide bonds. The van der Waals surface area contributed by atoms with Crippen molar-refractivity contribution in [3.05, 3.63) is 0 Å². The summed E-state index contributed by atoms with van der Waals surface area (Å²) >= 11 is 0. The maximum Gasteiger partial charge on any atom is 0.323 e. The van der Waals surface area contributed by atoms with E-state index in [1.807, 2.05) is 20.8 Å². The molecule has 0 aromatic carbocycles. The Morgan fingerprint density at radius 3 is 2.29 bits per heavy atom. The van der Waals surface area contributed by atoms with Crippen molar-refractivity contribution in [2.24, 2.45) is 0 Å². The third kappa shape index (κ3) is 12.7. The van der Waals surface area contributed by atoms with Gasteiger partial charge in [0.05, 0.1) is 19.8 Å². The molecule has 0 fully saturated rings. The van der Waals surface area contributed by atoms with Gasteiger partial charge in [0.25, 0.3) is 0 Å². The lowest BCUT2D eigenvalue weighted by atomic mass is 10.2. The average Bonchev–Trinajstić information content (AvgIpc) is 2.44. The van der Waals surface area contributed by atoms with Crippen LogP contribution < -0.4 is 5.32 Å². The summed E-state index contributed by atoms with van der Waals surface area (Å²) in [4.78, 5) is 11.8. The molecule has 1 atom stereocenters. The van der Waals surface area contributed by atoms with Crippen LogP contribution >= 0.6 is 0 Å². The molecule has 0 aliphatic heterocycles. The van der Waals surface area contributed by atoms with Gasteiger partial charge in [-0.05, 0) is 19.8 Å². The molecule has 0 aromatic rings. The molecule has 0 rings (SSSR count). The summed E-state index contributed by atoms with van der Waals surface area (Å²) in [6, 6.07) is -0.0869. The molecule has 0 saturated carbocycles. The normalized spacial score (nSPS) is 12.6. The van der Waals surface area contributed by atoms with Gasteiger partial charge in [0.15, 0.2) is 0 Å². The highest BCUT2D eigenvalue weighted by Gasteiger charge is 2.19. The summed E-state index contributed by atoms with van der Waals surface area (Å²) in [5.74, 6) is -0.217. The number of hydrogen-bond donors (Lipinski definition) is 1. The lowest BCUT2D eigenvalue weighted by molar-refractivity contribution is -0.146. The second-order valence-electron chi connectivity index (χ2n) is 4.99. The van der Waals surface area contributed by atoms with Crippen LogP contribution in [0, 0.1) is 0 Å². The van der Waals surface area contributed by atoms with Crippen LogP contribution in [0.2, 0.25) is 0 Å². The number of carbonyl (C=O) groups is 1. The Balaban J connectivity index is 3.65.